The highest BCUT2D eigenvalue weighted by molar-refractivity contribution is 5.77. The van der Waals surface area contributed by atoms with Gasteiger partial charge in [-0.25, -0.2) is 4.79 Å². The first-order valence-corrected chi connectivity index (χ1v) is 5.47. The molecule has 1 amide bonds. The van der Waals surface area contributed by atoms with E-state index in [0.717, 1.165) is 12.1 Å². The molecule has 0 saturated carbocycles. The van der Waals surface area contributed by atoms with Crippen molar-refractivity contribution >= 4 is 11.9 Å². The fraction of sp³-hybridized carbons (Fsp3) is 0.636. The minimum atomic E-state index is -0.274. The van der Waals surface area contributed by atoms with Crippen molar-refractivity contribution in [1.82, 2.24) is 10.2 Å². The maximum atomic E-state index is 11.4. The number of Topliss-reactive ketones (excluding diaryl/α,β-unsaturated/α-hetero) is 1. The molecule has 0 fully saturated rings. The lowest BCUT2D eigenvalue weighted by atomic mass is 10.2. The average Bonchev–Trinajstić information content (AvgIpc) is 2.27. The average molecular weight is 226 g/mol. The van der Waals surface area contributed by atoms with Crippen LogP contribution >= 0.6 is 0 Å². The van der Waals surface area contributed by atoms with E-state index in [-0.39, 0.29) is 11.9 Å². The zero-order valence-electron chi connectivity index (χ0n) is 9.78. The van der Waals surface area contributed by atoms with Gasteiger partial charge in [-0.1, -0.05) is 0 Å². The van der Waals surface area contributed by atoms with Gasteiger partial charge in [-0.2, -0.15) is 0 Å². The summed E-state index contributed by atoms with van der Waals surface area (Å²) < 4.78 is 4.90. The van der Waals surface area contributed by atoms with Gasteiger partial charge < -0.3 is 15.0 Å². The Morgan fingerprint density at radius 1 is 1.56 bits per heavy atom. The van der Waals surface area contributed by atoms with Crippen molar-refractivity contribution in [1.29, 1.82) is 0 Å². The maximum Gasteiger partial charge on any atom is 0.410 e. The minimum Gasteiger partial charge on any atom is -0.450 e. The number of hydrogen-bond donors (Lipinski definition) is 1. The summed E-state index contributed by atoms with van der Waals surface area (Å²) in [6.45, 7) is 5.26. The molecule has 1 heterocycles. The molecule has 90 valence electrons. The van der Waals surface area contributed by atoms with Crippen LogP contribution in [0.5, 0.6) is 0 Å². The summed E-state index contributed by atoms with van der Waals surface area (Å²) in [7, 11) is 0. The van der Waals surface area contributed by atoms with Crippen LogP contribution in [0.25, 0.3) is 0 Å². The number of amides is 1. The van der Waals surface area contributed by atoms with E-state index in [1.165, 1.54) is 0 Å². The molecular weight excluding hydrogens is 208 g/mol. The topological polar surface area (TPSA) is 58.6 Å². The zero-order valence-corrected chi connectivity index (χ0v) is 9.78. The Labute approximate surface area is 95.4 Å². The maximum absolute atomic E-state index is 11.4. The molecule has 0 aromatic carbocycles. The van der Waals surface area contributed by atoms with Crippen LogP contribution in [0.3, 0.4) is 0 Å². The number of carbonyl (C=O) groups is 2. The van der Waals surface area contributed by atoms with Gasteiger partial charge >= 0.3 is 6.09 Å². The summed E-state index contributed by atoms with van der Waals surface area (Å²) >= 11 is 0. The zero-order chi connectivity index (χ0) is 12.0. The summed E-state index contributed by atoms with van der Waals surface area (Å²) in [4.78, 5) is 23.8. The predicted molar refractivity (Wildman–Crippen MR) is 60.0 cm³/mol. The molecule has 5 heteroatoms. The van der Waals surface area contributed by atoms with Crippen molar-refractivity contribution in [3.8, 4) is 0 Å². The molecule has 0 atom stereocenters. The molecule has 1 aliphatic heterocycles. The Balaban J connectivity index is 2.36. The normalized spacial score (nSPS) is 15.4. The van der Waals surface area contributed by atoms with E-state index in [4.69, 9.17) is 4.74 Å². The van der Waals surface area contributed by atoms with Gasteiger partial charge in [-0.05, 0) is 19.9 Å². The minimum absolute atomic E-state index is 0.105. The summed E-state index contributed by atoms with van der Waals surface area (Å²) in [5, 5.41) is 3.05. The van der Waals surface area contributed by atoms with Gasteiger partial charge in [-0.15, -0.1) is 0 Å². The smallest absolute Gasteiger partial charge is 0.410 e. The molecule has 0 unspecified atom stereocenters. The quantitative estimate of drug-likeness (QED) is 0.774. The first kappa shape index (κ1) is 12.5. The Morgan fingerprint density at radius 3 is 2.81 bits per heavy atom. The van der Waals surface area contributed by atoms with Crippen LogP contribution in [0, 0.1) is 0 Å². The van der Waals surface area contributed by atoms with E-state index in [9.17, 15) is 9.59 Å². The van der Waals surface area contributed by atoms with Crippen LogP contribution in [0.15, 0.2) is 11.8 Å². The molecule has 1 rings (SSSR count). The fourth-order valence-corrected chi connectivity index (χ4v) is 1.45. The summed E-state index contributed by atoms with van der Waals surface area (Å²) in [6, 6.07) is 0. The van der Waals surface area contributed by atoms with E-state index in [2.05, 4.69) is 5.32 Å². The van der Waals surface area contributed by atoms with Gasteiger partial charge in [0, 0.05) is 25.2 Å². The van der Waals surface area contributed by atoms with E-state index < -0.39 is 0 Å². The molecule has 0 saturated heterocycles. The number of ketones is 1. The molecule has 5 nitrogen and oxygen atoms in total. The van der Waals surface area contributed by atoms with Crippen molar-refractivity contribution in [3.63, 3.8) is 0 Å². The highest BCUT2D eigenvalue weighted by Gasteiger charge is 2.17. The Morgan fingerprint density at radius 2 is 2.31 bits per heavy atom. The third-order valence-electron chi connectivity index (χ3n) is 2.30. The van der Waals surface area contributed by atoms with Gasteiger partial charge in [0.2, 0.25) is 0 Å². The van der Waals surface area contributed by atoms with Gasteiger partial charge in [-0.3, -0.25) is 4.79 Å². The predicted octanol–water partition coefficient (Wildman–Crippen LogP) is 0.911. The standard InChI is InChI=1S/C11H18N2O3/c1-3-16-11(15)13-6-4-10(5-7-13)12-8-9(2)14/h4,12H,3,5-8H2,1-2H3. The molecular formula is C11H18N2O3. The first-order valence-electron chi connectivity index (χ1n) is 5.47. The van der Waals surface area contributed by atoms with Crippen molar-refractivity contribution < 1.29 is 14.3 Å². The van der Waals surface area contributed by atoms with Crippen LogP contribution < -0.4 is 5.32 Å². The molecule has 0 spiro atoms. The fourth-order valence-electron chi connectivity index (χ4n) is 1.45. The number of carbonyl (C=O) groups excluding carboxylic acids is 2. The Kier molecular flexibility index (Phi) is 4.82. The summed E-state index contributed by atoms with van der Waals surface area (Å²) in [6.07, 6.45) is 2.39. The van der Waals surface area contributed by atoms with Crippen LogP contribution in [0.4, 0.5) is 4.79 Å². The largest absolute Gasteiger partial charge is 0.450 e. The molecule has 0 aromatic rings. The molecule has 0 radical (unpaired) electrons. The first-order chi connectivity index (χ1) is 7.63. The van der Waals surface area contributed by atoms with E-state index in [0.29, 0.717) is 26.2 Å². The van der Waals surface area contributed by atoms with Gasteiger partial charge in [0.1, 0.15) is 5.78 Å². The van der Waals surface area contributed by atoms with Crippen molar-refractivity contribution in [3.05, 3.63) is 11.8 Å². The monoisotopic (exact) mass is 226 g/mol. The second-order valence-electron chi connectivity index (χ2n) is 3.68. The van der Waals surface area contributed by atoms with Crippen molar-refractivity contribution in [2.75, 3.05) is 26.2 Å². The van der Waals surface area contributed by atoms with E-state index >= 15 is 0 Å². The number of nitrogens with one attached hydrogen (secondary N) is 1. The number of rotatable bonds is 4. The van der Waals surface area contributed by atoms with Gasteiger partial charge in [0.25, 0.3) is 0 Å². The third-order valence-corrected chi connectivity index (χ3v) is 2.30. The van der Waals surface area contributed by atoms with Gasteiger partial charge in [0.05, 0.1) is 13.2 Å². The van der Waals surface area contributed by atoms with Crippen LogP contribution in [-0.2, 0) is 9.53 Å². The SMILES string of the molecule is CCOC(=O)N1CC=C(NCC(C)=O)CC1. The molecule has 0 bridgehead atoms. The third kappa shape index (κ3) is 3.92. The number of hydrogen-bond acceptors (Lipinski definition) is 4. The Bertz CT molecular complexity index is 300. The highest BCUT2D eigenvalue weighted by atomic mass is 16.6. The van der Waals surface area contributed by atoms with E-state index in [1.807, 2.05) is 6.08 Å². The van der Waals surface area contributed by atoms with E-state index in [1.54, 1.807) is 18.7 Å². The molecule has 0 aromatic heterocycles. The lowest BCUT2D eigenvalue weighted by Gasteiger charge is -2.25. The van der Waals surface area contributed by atoms with Crippen LogP contribution in [0.2, 0.25) is 0 Å². The lowest BCUT2D eigenvalue weighted by molar-refractivity contribution is -0.116. The number of ether oxygens (including phenoxy) is 1. The second-order valence-corrected chi connectivity index (χ2v) is 3.68. The highest BCUT2D eigenvalue weighted by Crippen LogP contribution is 2.09. The van der Waals surface area contributed by atoms with Crippen LogP contribution in [-0.4, -0.2) is 43.0 Å². The number of nitrogens with zero attached hydrogens (tertiary/aromatic N) is 1. The lowest BCUT2D eigenvalue weighted by Crippen LogP contribution is -2.37. The summed E-state index contributed by atoms with van der Waals surface area (Å²) in [5.41, 5.74) is 1.02. The Hall–Kier alpha value is -1.52. The molecule has 1 aliphatic rings. The molecule has 16 heavy (non-hydrogen) atoms. The summed E-state index contributed by atoms with van der Waals surface area (Å²) in [5.74, 6) is 0.105. The molecule has 0 aliphatic carbocycles. The van der Waals surface area contributed by atoms with Crippen LogP contribution in [0.1, 0.15) is 20.3 Å². The second kappa shape index (κ2) is 6.15. The molecule has 1 N–H and O–H groups in total. The van der Waals surface area contributed by atoms with Crippen molar-refractivity contribution in [2.45, 2.75) is 20.3 Å². The van der Waals surface area contributed by atoms with Gasteiger partial charge in [0.15, 0.2) is 0 Å². The van der Waals surface area contributed by atoms with Crippen molar-refractivity contribution in [2.24, 2.45) is 0 Å².